The van der Waals surface area contributed by atoms with Gasteiger partial charge in [-0.2, -0.15) is 11.8 Å². The summed E-state index contributed by atoms with van der Waals surface area (Å²) in [6.07, 6.45) is 0.898. The van der Waals surface area contributed by atoms with E-state index in [2.05, 4.69) is 46.6 Å². The molecule has 2 bridgehead atoms. The molecule has 3 saturated heterocycles. The van der Waals surface area contributed by atoms with Crippen molar-refractivity contribution < 1.29 is 28.1 Å². The zero-order valence-electron chi connectivity index (χ0n) is 28.7. The molecule has 9 heteroatoms. The summed E-state index contributed by atoms with van der Waals surface area (Å²) in [6, 6.07) is 43.7. The van der Waals surface area contributed by atoms with E-state index in [-0.39, 0.29) is 43.2 Å². The molecule has 0 aliphatic carbocycles. The Labute approximate surface area is 308 Å². The number of benzene rings is 5. The van der Waals surface area contributed by atoms with Crippen molar-refractivity contribution in [3.63, 3.8) is 0 Å². The van der Waals surface area contributed by atoms with Crippen molar-refractivity contribution in [1.82, 2.24) is 0 Å². The summed E-state index contributed by atoms with van der Waals surface area (Å²) in [5, 5.41) is 2.73. The van der Waals surface area contributed by atoms with Gasteiger partial charge in [0.2, 0.25) is 0 Å². The Bertz CT molecular complexity index is 1840. The Morgan fingerprint density at radius 1 is 0.769 bits per heavy atom. The molecule has 266 valence electrons. The topological polar surface area (TPSA) is 72.6 Å². The molecule has 7 nitrogen and oxygen atoms in total. The summed E-state index contributed by atoms with van der Waals surface area (Å²) in [5.41, 5.74) is 3.74. The van der Waals surface area contributed by atoms with Crippen LogP contribution in [0.3, 0.4) is 0 Å². The van der Waals surface area contributed by atoms with Crippen molar-refractivity contribution in [2.24, 2.45) is 0 Å². The van der Waals surface area contributed by atoms with Crippen LogP contribution in [0.25, 0.3) is 0 Å². The summed E-state index contributed by atoms with van der Waals surface area (Å²) in [4.78, 5) is 15.1. The molecule has 5 aromatic carbocycles. The van der Waals surface area contributed by atoms with Gasteiger partial charge in [0.1, 0.15) is 42.6 Å². The average molecular weight is 717 g/mol. The van der Waals surface area contributed by atoms with Gasteiger partial charge in [0, 0.05) is 35.7 Å². The quantitative estimate of drug-likeness (QED) is 0.0965. The minimum Gasteiger partial charge on any atom is -0.489 e. The van der Waals surface area contributed by atoms with E-state index in [9.17, 15) is 4.79 Å². The number of epoxide rings is 1. The van der Waals surface area contributed by atoms with Gasteiger partial charge in [-0.1, -0.05) is 121 Å². The highest BCUT2D eigenvalue weighted by atomic mass is 32.2. The first-order valence-corrected chi connectivity index (χ1v) is 19.0. The number of hydrogen-bond acceptors (Lipinski definition) is 7. The number of amides is 1. The molecule has 0 aromatic heterocycles. The molecule has 0 radical (unpaired) electrons. The molecule has 3 aliphatic rings. The first-order valence-electron chi connectivity index (χ1n) is 17.8. The minimum atomic E-state index is -0.865. The lowest BCUT2D eigenvalue weighted by molar-refractivity contribution is 0.00425. The largest absolute Gasteiger partial charge is 0.489 e. The minimum absolute atomic E-state index is 0.0895. The van der Waals surface area contributed by atoms with Gasteiger partial charge in [-0.05, 0) is 35.1 Å². The monoisotopic (exact) mass is 716 g/mol. The number of thioether (sulfide) groups is 1. The zero-order valence-corrected chi connectivity index (χ0v) is 29.6. The third kappa shape index (κ3) is 7.26. The summed E-state index contributed by atoms with van der Waals surface area (Å²) in [6.45, 7) is 0.601. The highest BCUT2D eigenvalue weighted by Gasteiger charge is 2.45. The SMILES string of the molecule is O=C(Nc1cc(F)c(N2[C@@H]3CC[C@H]2CSC3)cc1OC[C@H]1O[C@H]1COC(c1ccccc1)(c1ccccc1)c1ccccc1)OCc1ccccc1. The fraction of sp³-hybridized carbons (Fsp3) is 0.279. The first-order chi connectivity index (χ1) is 25.6. The molecule has 3 fully saturated rings. The predicted molar refractivity (Wildman–Crippen MR) is 203 cm³/mol. The normalized spacial score (nSPS) is 20.7. The van der Waals surface area contributed by atoms with E-state index in [0.717, 1.165) is 46.6 Å². The number of hydrogen-bond donors (Lipinski definition) is 1. The van der Waals surface area contributed by atoms with Crippen LogP contribution in [-0.4, -0.2) is 55.1 Å². The Hall–Kier alpha value is -4.83. The van der Waals surface area contributed by atoms with E-state index < -0.39 is 17.5 Å². The number of ether oxygens (including phenoxy) is 4. The molecule has 1 N–H and O–H groups in total. The number of nitrogens with one attached hydrogen (secondary N) is 1. The number of anilines is 2. The van der Waals surface area contributed by atoms with Gasteiger partial charge in [0.15, 0.2) is 0 Å². The van der Waals surface area contributed by atoms with Gasteiger partial charge in [-0.3, -0.25) is 5.32 Å². The maximum absolute atomic E-state index is 15.9. The fourth-order valence-corrected chi connectivity index (χ4v) is 8.80. The van der Waals surface area contributed by atoms with Crippen molar-refractivity contribution in [2.45, 2.75) is 49.3 Å². The number of carbonyl (C=O) groups excluding carboxylic acids is 1. The van der Waals surface area contributed by atoms with E-state index in [1.165, 1.54) is 6.07 Å². The second-order valence-electron chi connectivity index (χ2n) is 13.4. The standard InChI is InChI=1S/C43H41FN2O5S/c44-36-23-37(45-42(47)49-25-30-13-5-1-6-14-30)39(24-38(36)46-34-21-22-35(46)29-52-28-34)48-26-40-41(51-40)27-50-43(31-15-7-2-8-16-31,32-17-9-3-10-18-32)33-19-11-4-12-20-33/h1-20,23-24,34-35,40-41H,21-22,25-29H2,(H,45,47)/t34-,35+,40-,41+/m1/s1. The van der Waals surface area contributed by atoms with Crippen LogP contribution in [0.15, 0.2) is 133 Å². The van der Waals surface area contributed by atoms with Crippen molar-refractivity contribution in [3.8, 4) is 5.75 Å². The van der Waals surface area contributed by atoms with E-state index in [1.807, 2.05) is 96.7 Å². The fourth-order valence-electron chi connectivity index (χ4n) is 7.47. The maximum atomic E-state index is 15.9. The number of halogens is 1. The second-order valence-corrected chi connectivity index (χ2v) is 14.5. The van der Waals surface area contributed by atoms with E-state index in [0.29, 0.717) is 18.0 Å². The number of rotatable bonds is 13. The van der Waals surface area contributed by atoms with Crippen LogP contribution in [0.5, 0.6) is 5.75 Å². The van der Waals surface area contributed by atoms with Gasteiger partial charge < -0.3 is 23.8 Å². The van der Waals surface area contributed by atoms with E-state index in [4.69, 9.17) is 18.9 Å². The molecule has 0 unspecified atom stereocenters. The van der Waals surface area contributed by atoms with Crippen molar-refractivity contribution in [1.29, 1.82) is 0 Å². The molecule has 3 aliphatic heterocycles. The smallest absolute Gasteiger partial charge is 0.412 e. The van der Waals surface area contributed by atoms with Crippen LogP contribution in [-0.2, 0) is 26.4 Å². The molecular weight excluding hydrogens is 676 g/mol. The summed E-state index contributed by atoms with van der Waals surface area (Å²) in [7, 11) is 0. The van der Waals surface area contributed by atoms with Crippen molar-refractivity contribution in [2.75, 3.05) is 34.9 Å². The van der Waals surface area contributed by atoms with Crippen molar-refractivity contribution in [3.05, 3.63) is 162 Å². The molecule has 4 atom stereocenters. The van der Waals surface area contributed by atoms with E-state index >= 15 is 4.39 Å². The number of nitrogens with zero attached hydrogens (tertiary/aromatic N) is 1. The van der Waals surface area contributed by atoms with Crippen LogP contribution < -0.4 is 15.0 Å². The summed E-state index contributed by atoms with van der Waals surface area (Å²) < 4.78 is 40.8. The van der Waals surface area contributed by atoms with Gasteiger partial charge in [0.25, 0.3) is 0 Å². The predicted octanol–water partition coefficient (Wildman–Crippen LogP) is 8.81. The van der Waals surface area contributed by atoms with Crippen molar-refractivity contribution >= 4 is 29.2 Å². The first kappa shape index (κ1) is 34.3. The maximum Gasteiger partial charge on any atom is 0.412 e. The average Bonchev–Trinajstić information content (AvgIpc) is 3.91. The van der Waals surface area contributed by atoms with Crippen LogP contribution in [0, 0.1) is 5.82 Å². The van der Waals surface area contributed by atoms with Crippen LogP contribution >= 0.6 is 11.8 Å². The Morgan fingerprint density at radius 3 is 1.88 bits per heavy atom. The third-order valence-corrected chi connectivity index (χ3v) is 11.4. The molecule has 52 heavy (non-hydrogen) atoms. The molecular formula is C43H41FN2O5S. The molecule has 0 saturated carbocycles. The second kappa shape index (κ2) is 15.4. The zero-order chi connectivity index (χ0) is 35.3. The van der Waals surface area contributed by atoms with Gasteiger partial charge in [0.05, 0.1) is 18.0 Å². The molecule has 3 heterocycles. The third-order valence-electron chi connectivity index (χ3n) is 10.1. The highest BCUT2D eigenvalue weighted by Crippen LogP contribution is 2.44. The number of fused-ring (bicyclic) bond motifs is 2. The highest BCUT2D eigenvalue weighted by molar-refractivity contribution is 7.99. The molecule has 8 rings (SSSR count). The Kier molecular flexibility index (Phi) is 10.2. The van der Waals surface area contributed by atoms with E-state index in [1.54, 1.807) is 6.07 Å². The lowest BCUT2D eigenvalue weighted by atomic mass is 9.80. The Balaban J connectivity index is 1.00. The van der Waals surface area contributed by atoms with Crippen LogP contribution in [0.4, 0.5) is 20.6 Å². The van der Waals surface area contributed by atoms with Crippen LogP contribution in [0.1, 0.15) is 35.1 Å². The lowest BCUT2D eigenvalue weighted by Crippen LogP contribution is -2.43. The molecule has 1 amide bonds. The molecule has 0 spiro atoms. The summed E-state index contributed by atoms with van der Waals surface area (Å²) in [5.74, 6) is 1.90. The lowest BCUT2D eigenvalue weighted by Gasteiger charge is -2.37. The van der Waals surface area contributed by atoms with Gasteiger partial charge >= 0.3 is 6.09 Å². The Morgan fingerprint density at radius 2 is 1.31 bits per heavy atom. The van der Waals surface area contributed by atoms with Crippen LogP contribution in [0.2, 0.25) is 0 Å². The number of carbonyl (C=O) groups is 1. The van der Waals surface area contributed by atoms with Gasteiger partial charge in [-0.15, -0.1) is 0 Å². The van der Waals surface area contributed by atoms with Gasteiger partial charge in [-0.25, -0.2) is 9.18 Å². The molecule has 5 aromatic rings. The summed E-state index contributed by atoms with van der Waals surface area (Å²) >= 11 is 1.92.